The quantitative estimate of drug-likeness (QED) is 0.231. The molecule has 8 nitrogen and oxygen atoms in total. The fourth-order valence-electron chi connectivity index (χ4n) is 3.78. The van der Waals surface area contributed by atoms with Gasteiger partial charge in [-0.25, -0.2) is 0 Å². The van der Waals surface area contributed by atoms with E-state index in [0.717, 1.165) is 42.2 Å². The molecule has 1 aliphatic rings. The highest BCUT2D eigenvalue weighted by Gasteiger charge is 2.24. The molecule has 0 spiro atoms. The van der Waals surface area contributed by atoms with Crippen LogP contribution in [0.15, 0.2) is 58.0 Å². The van der Waals surface area contributed by atoms with E-state index in [2.05, 4.69) is 49.3 Å². The number of anilines is 1. The molecule has 33 heavy (non-hydrogen) atoms. The van der Waals surface area contributed by atoms with Crippen molar-refractivity contribution in [1.29, 1.82) is 0 Å². The van der Waals surface area contributed by atoms with Crippen molar-refractivity contribution in [3.05, 3.63) is 65.5 Å². The van der Waals surface area contributed by atoms with Gasteiger partial charge < -0.3 is 20.5 Å². The monoisotopic (exact) mass is 560 g/mol. The highest BCUT2D eigenvalue weighted by Crippen LogP contribution is 2.31. The van der Waals surface area contributed by atoms with Crippen molar-refractivity contribution >= 4 is 41.5 Å². The number of guanidine groups is 1. The number of fused-ring (bicyclic) bond motifs is 1. The molecule has 0 bridgehead atoms. The second-order valence-corrected chi connectivity index (χ2v) is 7.73. The van der Waals surface area contributed by atoms with E-state index in [1.807, 2.05) is 37.3 Å². The smallest absolute Gasteiger partial charge is 0.257 e. The molecular formula is C24H29IN6O2. The molecule has 2 heterocycles. The third-order valence-corrected chi connectivity index (χ3v) is 5.54. The molecule has 0 saturated carbocycles. The maximum absolute atomic E-state index is 12.0. The largest absolute Gasteiger partial charge is 0.356 e. The number of rotatable bonds is 7. The molecule has 2 aromatic carbocycles. The molecule has 9 heteroatoms. The van der Waals surface area contributed by atoms with E-state index in [-0.39, 0.29) is 35.8 Å². The maximum Gasteiger partial charge on any atom is 0.257 e. The predicted octanol–water partition coefficient (Wildman–Crippen LogP) is 3.75. The standard InChI is InChI=1S/C24H28N6O2.HI/c1-3-21-29-23(32-30-21)17-10-8-16(9-11-17)12-13-26-24(25-2)27-15-18-14-22(31)28-20-7-5-4-6-19(18)20;/h4-11,18H,3,12-15H2,1-2H3,(H,28,31)(H2,25,26,27);1H. The Hall–Kier alpha value is -2.95. The average molecular weight is 560 g/mol. The topological polar surface area (TPSA) is 104 Å². The molecule has 4 rings (SSSR count). The average Bonchev–Trinajstić information content (AvgIpc) is 3.31. The first-order valence-electron chi connectivity index (χ1n) is 10.9. The fraction of sp³-hybridized carbons (Fsp3) is 0.333. The third kappa shape index (κ3) is 6.31. The van der Waals surface area contributed by atoms with Crippen molar-refractivity contribution in [2.24, 2.45) is 4.99 Å². The second-order valence-electron chi connectivity index (χ2n) is 7.73. The molecular weight excluding hydrogens is 531 g/mol. The first-order valence-corrected chi connectivity index (χ1v) is 10.9. The molecule has 1 aromatic heterocycles. The summed E-state index contributed by atoms with van der Waals surface area (Å²) in [4.78, 5) is 20.7. The van der Waals surface area contributed by atoms with Crippen LogP contribution in [0.25, 0.3) is 11.5 Å². The minimum atomic E-state index is 0. The number of amides is 1. The summed E-state index contributed by atoms with van der Waals surface area (Å²) in [5, 5.41) is 13.6. The summed E-state index contributed by atoms with van der Waals surface area (Å²) < 4.78 is 5.29. The fourth-order valence-corrected chi connectivity index (χ4v) is 3.78. The first kappa shape index (κ1) is 24.7. The number of aryl methyl sites for hydroxylation is 1. The van der Waals surface area contributed by atoms with Gasteiger partial charge in [-0.3, -0.25) is 9.79 Å². The Balaban J connectivity index is 0.00000306. The summed E-state index contributed by atoms with van der Waals surface area (Å²) in [6.45, 7) is 3.38. The number of carbonyl (C=O) groups is 1. The number of nitrogens with one attached hydrogen (secondary N) is 3. The van der Waals surface area contributed by atoms with Crippen LogP contribution in [0.4, 0.5) is 5.69 Å². The van der Waals surface area contributed by atoms with Gasteiger partial charge in [0.2, 0.25) is 5.91 Å². The van der Waals surface area contributed by atoms with Crippen molar-refractivity contribution < 1.29 is 9.32 Å². The van der Waals surface area contributed by atoms with Gasteiger partial charge in [-0.15, -0.1) is 24.0 Å². The zero-order valence-corrected chi connectivity index (χ0v) is 21.1. The van der Waals surface area contributed by atoms with Crippen LogP contribution in [0.3, 0.4) is 0 Å². The van der Waals surface area contributed by atoms with Gasteiger partial charge in [-0.2, -0.15) is 4.98 Å². The van der Waals surface area contributed by atoms with E-state index in [1.54, 1.807) is 7.05 Å². The van der Waals surface area contributed by atoms with Crippen molar-refractivity contribution in [2.75, 3.05) is 25.5 Å². The number of hydrogen-bond acceptors (Lipinski definition) is 5. The summed E-state index contributed by atoms with van der Waals surface area (Å²) in [5.41, 5.74) is 4.17. The summed E-state index contributed by atoms with van der Waals surface area (Å²) in [7, 11) is 1.75. The predicted molar refractivity (Wildman–Crippen MR) is 140 cm³/mol. The van der Waals surface area contributed by atoms with E-state index in [4.69, 9.17) is 4.52 Å². The number of hydrogen-bond donors (Lipinski definition) is 3. The Bertz CT molecular complexity index is 1100. The molecule has 174 valence electrons. The van der Waals surface area contributed by atoms with Crippen LogP contribution >= 0.6 is 24.0 Å². The van der Waals surface area contributed by atoms with Gasteiger partial charge in [0, 0.05) is 50.1 Å². The third-order valence-electron chi connectivity index (χ3n) is 5.54. The Morgan fingerprint density at radius 2 is 1.97 bits per heavy atom. The van der Waals surface area contributed by atoms with Crippen molar-refractivity contribution in [2.45, 2.75) is 32.1 Å². The van der Waals surface area contributed by atoms with Crippen LogP contribution < -0.4 is 16.0 Å². The van der Waals surface area contributed by atoms with E-state index >= 15 is 0 Å². The van der Waals surface area contributed by atoms with Crippen molar-refractivity contribution in [3.8, 4) is 11.5 Å². The number of nitrogens with zero attached hydrogens (tertiary/aromatic N) is 3. The van der Waals surface area contributed by atoms with Gasteiger partial charge >= 0.3 is 0 Å². The summed E-state index contributed by atoms with van der Waals surface area (Å²) in [5.74, 6) is 2.15. The Labute approximate surface area is 210 Å². The van der Waals surface area contributed by atoms with E-state index in [9.17, 15) is 4.79 Å². The Kier molecular flexibility index (Phi) is 8.81. The molecule has 0 saturated heterocycles. The zero-order valence-electron chi connectivity index (χ0n) is 18.8. The summed E-state index contributed by atoms with van der Waals surface area (Å²) >= 11 is 0. The molecule has 1 amide bonds. The van der Waals surface area contributed by atoms with Crippen molar-refractivity contribution in [3.63, 3.8) is 0 Å². The van der Waals surface area contributed by atoms with Gasteiger partial charge in [-0.05, 0) is 35.7 Å². The first-order chi connectivity index (χ1) is 15.7. The van der Waals surface area contributed by atoms with Crippen LogP contribution in [0, 0.1) is 0 Å². The lowest BCUT2D eigenvalue weighted by molar-refractivity contribution is -0.116. The van der Waals surface area contributed by atoms with E-state index < -0.39 is 0 Å². The van der Waals surface area contributed by atoms with Crippen LogP contribution in [0.1, 0.15) is 36.2 Å². The van der Waals surface area contributed by atoms with Gasteiger partial charge in [0.05, 0.1) is 0 Å². The summed E-state index contributed by atoms with van der Waals surface area (Å²) in [6, 6.07) is 16.1. The number of aliphatic imine (C=N–C) groups is 1. The van der Waals surface area contributed by atoms with Crippen LogP contribution in [0.2, 0.25) is 0 Å². The molecule has 0 aliphatic carbocycles. The molecule has 0 radical (unpaired) electrons. The number of para-hydroxylation sites is 1. The highest BCUT2D eigenvalue weighted by molar-refractivity contribution is 14.0. The molecule has 1 aliphatic heterocycles. The van der Waals surface area contributed by atoms with E-state index in [0.29, 0.717) is 24.7 Å². The van der Waals surface area contributed by atoms with Crippen LogP contribution in [0.5, 0.6) is 0 Å². The normalized spacial score (nSPS) is 15.3. The lowest BCUT2D eigenvalue weighted by Crippen LogP contribution is -2.41. The molecule has 1 atom stereocenters. The molecule has 0 fully saturated rings. The van der Waals surface area contributed by atoms with E-state index in [1.165, 1.54) is 5.56 Å². The number of halogens is 1. The SMILES string of the molecule is CCc1noc(-c2ccc(CCNC(=NC)NCC3CC(=O)Nc4ccccc43)cc2)n1.I. The minimum Gasteiger partial charge on any atom is -0.356 e. The van der Waals surface area contributed by atoms with Crippen LogP contribution in [-0.4, -0.2) is 42.1 Å². The Morgan fingerprint density at radius 1 is 1.18 bits per heavy atom. The maximum atomic E-state index is 12.0. The molecule has 3 N–H and O–H groups in total. The van der Waals surface area contributed by atoms with Gasteiger partial charge in [-0.1, -0.05) is 42.4 Å². The highest BCUT2D eigenvalue weighted by atomic mass is 127. The minimum absolute atomic E-state index is 0. The van der Waals surface area contributed by atoms with Crippen molar-refractivity contribution in [1.82, 2.24) is 20.8 Å². The van der Waals surface area contributed by atoms with Crippen LogP contribution in [-0.2, 0) is 17.6 Å². The molecule has 1 unspecified atom stereocenters. The lowest BCUT2D eigenvalue weighted by Gasteiger charge is -2.26. The Morgan fingerprint density at radius 3 is 2.70 bits per heavy atom. The lowest BCUT2D eigenvalue weighted by atomic mass is 9.90. The van der Waals surface area contributed by atoms with Gasteiger partial charge in [0.1, 0.15) is 0 Å². The number of aromatic nitrogens is 2. The number of benzene rings is 2. The van der Waals surface area contributed by atoms with Gasteiger partial charge in [0.25, 0.3) is 5.89 Å². The second kappa shape index (κ2) is 11.8. The van der Waals surface area contributed by atoms with Gasteiger partial charge in [0.15, 0.2) is 11.8 Å². The molecule has 3 aromatic rings. The zero-order chi connectivity index (χ0) is 22.3. The number of carbonyl (C=O) groups excluding carboxylic acids is 1. The summed E-state index contributed by atoms with van der Waals surface area (Å²) in [6.07, 6.45) is 2.07.